The van der Waals surface area contributed by atoms with E-state index < -0.39 is 0 Å². The normalized spacial score (nSPS) is 13.2. The molecule has 1 heterocycles. The maximum absolute atomic E-state index is 12.7. The van der Waals surface area contributed by atoms with Crippen LogP contribution in [0.5, 0.6) is 0 Å². The highest BCUT2D eigenvalue weighted by atomic mass is 32.2. The summed E-state index contributed by atoms with van der Waals surface area (Å²) in [6.07, 6.45) is 1.79. The van der Waals surface area contributed by atoms with Gasteiger partial charge in [-0.2, -0.15) is 0 Å². The Labute approximate surface area is 185 Å². The molecule has 31 heavy (non-hydrogen) atoms. The lowest BCUT2D eigenvalue weighted by Crippen LogP contribution is -2.36. The highest BCUT2D eigenvalue weighted by Crippen LogP contribution is 2.28. The quantitative estimate of drug-likeness (QED) is 0.467. The molecule has 5 nitrogen and oxygen atoms in total. The van der Waals surface area contributed by atoms with Gasteiger partial charge in [0.05, 0.1) is 5.75 Å². The second-order valence-corrected chi connectivity index (χ2v) is 8.52. The number of hydrogen-bond acceptors (Lipinski definition) is 4. The summed E-state index contributed by atoms with van der Waals surface area (Å²) in [5.74, 6) is 1.08. The van der Waals surface area contributed by atoms with Gasteiger partial charge in [-0.15, -0.1) is 10.2 Å². The summed E-state index contributed by atoms with van der Waals surface area (Å²) in [7, 11) is 0. The highest BCUT2D eigenvalue weighted by Gasteiger charge is 2.23. The average molecular weight is 427 g/mol. The Hall–Kier alpha value is -3.38. The molecular formula is C25H22N4OS. The summed E-state index contributed by atoms with van der Waals surface area (Å²) in [6.45, 7) is 0. The molecular weight excluding hydrogens is 404 g/mol. The van der Waals surface area contributed by atoms with Crippen molar-refractivity contribution < 1.29 is 4.79 Å². The second kappa shape index (κ2) is 8.78. The number of thioether (sulfide) groups is 1. The molecule has 154 valence electrons. The number of aromatic nitrogens is 3. The topological polar surface area (TPSA) is 59.8 Å². The third kappa shape index (κ3) is 4.25. The summed E-state index contributed by atoms with van der Waals surface area (Å²) in [4.78, 5) is 12.7. The fourth-order valence-electron chi connectivity index (χ4n) is 4.01. The zero-order valence-electron chi connectivity index (χ0n) is 16.9. The number of fused-ring (bicyclic) bond motifs is 1. The van der Waals surface area contributed by atoms with Gasteiger partial charge in [-0.3, -0.25) is 9.36 Å². The van der Waals surface area contributed by atoms with Crippen LogP contribution in [0.15, 0.2) is 90.1 Å². The minimum atomic E-state index is 0.0201. The van der Waals surface area contributed by atoms with Crippen LogP contribution in [0.25, 0.3) is 17.1 Å². The van der Waals surface area contributed by atoms with Crippen molar-refractivity contribution >= 4 is 17.7 Å². The molecule has 0 fully saturated rings. The van der Waals surface area contributed by atoms with E-state index >= 15 is 0 Å². The number of carbonyl (C=O) groups excluding carboxylic acids is 1. The summed E-state index contributed by atoms with van der Waals surface area (Å²) < 4.78 is 2.01. The van der Waals surface area contributed by atoms with Crippen molar-refractivity contribution in [1.29, 1.82) is 0 Å². The molecule has 1 amide bonds. The lowest BCUT2D eigenvalue weighted by atomic mass is 10.1. The summed E-state index contributed by atoms with van der Waals surface area (Å²) in [6, 6.07) is 28.6. The fraction of sp³-hybridized carbons (Fsp3) is 0.160. The molecule has 5 rings (SSSR count). The van der Waals surface area contributed by atoms with E-state index in [1.165, 1.54) is 22.9 Å². The van der Waals surface area contributed by atoms with Crippen molar-refractivity contribution in [3.05, 3.63) is 96.1 Å². The van der Waals surface area contributed by atoms with Crippen LogP contribution >= 0.6 is 11.8 Å². The SMILES string of the molecule is O=C(CSc1nnc(-c2ccccc2)n1-c1ccccc1)NC1Cc2ccccc2C1. The molecule has 0 aliphatic heterocycles. The summed E-state index contributed by atoms with van der Waals surface area (Å²) in [5, 5.41) is 12.7. The highest BCUT2D eigenvalue weighted by molar-refractivity contribution is 7.99. The van der Waals surface area contributed by atoms with Crippen molar-refractivity contribution in [3.8, 4) is 17.1 Å². The van der Waals surface area contributed by atoms with E-state index in [2.05, 4.69) is 39.8 Å². The lowest BCUT2D eigenvalue weighted by Gasteiger charge is -2.13. The lowest BCUT2D eigenvalue weighted by molar-refractivity contribution is -0.119. The standard InChI is InChI=1S/C25H22N4OS/c30-23(26-21-15-19-11-7-8-12-20(19)16-21)17-31-25-28-27-24(18-9-3-1-4-10-18)29(25)22-13-5-2-6-14-22/h1-14,21H,15-17H2,(H,26,30). The number of amides is 1. The first-order valence-electron chi connectivity index (χ1n) is 10.3. The predicted molar refractivity (Wildman–Crippen MR) is 123 cm³/mol. The van der Waals surface area contributed by atoms with Gasteiger partial charge in [0.1, 0.15) is 0 Å². The molecule has 1 aliphatic carbocycles. The van der Waals surface area contributed by atoms with Crippen molar-refractivity contribution in [3.63, 3.8) is 0 Å². The van der Waals surface area contributed by atoms with Crippen LogP contribution < -0.4 is 5.32 Å². The van der Waals surface area contributed by atoms with Crippen LogP contribution in [-0.2, 0) is 17.6 Å². The molecule has 4 aromatic rings. The number of rotatable bonds is 6. The Balaban J connectivity index is 1.32. The Bertz CT molecular complexity index is 1170. The van der Waals surface area contributed by atoms with Gasteiger partial charge >= 0.3 is 0 Å². The molecule has 0 bridgehead atoms. The van der Waals surface area contributed by atoms with E-state index in [-0.39, 0.29) is 11.9 Å². The van der Waals surface area contributed by atoms with Crippen molar-refractivity contribution in [2.45, 2.75) is 24.0 Å². The largest absolute Gasteiger partial charge is 0.352 e. The molecule has 1 aromatic heterocycles. The van der Waals surface area contributed by atoms with Crippen LogP contribution in [0.4, 0.5) is 0 Å². The Morgan fingerprint density at radius 1 is 0.871 bits per heavy atom. The van der Waals surface area contributed by atoms with Crippen LogP contribution in [0.1, 0.15) is 11.1 Å². The minimum Gasteiger partial charge on any atom is -0.352 e. The Morgan fingerprint density at radius 3 is 2.16 bits per heavy atom. The molecule has 1 N–H and O–H groups in total. The molecule has 0 radical (unpaired) electrons. The zero-order chi connectivity index (χ0) is 21.0. The number of benzene rings is 3. The van der Waals surface area contributed by atoms with Gasteiger partial charge in [0, 0.05) is 17.3 Å². The molecule has 1 aliphatic rings. The first kappa shape index (κ1) is 19.6. The molecule has 3 aromatic carbocycles. The van der Waals surface area contributed by atoms with Gasteiger partial charge in [0.25, 0.3) is 0 Å². The van der Waals surface area contributed by atoms with Gasteiger partial charge in [-0.25, -0.2) is 0 Å². The van der Waals surface area contributed by atoms with E-state index in [0.29, 0.717) is 10.9 Å². The summed E-state index contributed by atoms with van der Waals surface area (Å²) in [5.41, 5.74) is 4.62. The molecule has 0 spiro atoms. The van der Waals surface area contributed by atoms with E-state index in [4.69, 9.17) is 0 Å². The predicted octanol–water partition coefficient (Wildman–Crippen LogP) is 4.31. The molecule has 6 heteroatoms. The first-order valence-corrected chi connectivity index (χ1v) is 11.3. The van der Waals surface area contributed by atoms with Gasteiger partial charge in [-0.1, -0.05) is 84.6 Å². The molecule has 0 unspecified atom stereocenters. The van der Waals surface area contributed by atoms with Crippen molar-refractivity contribution in [2.24, 2.45) is 0 Å². The number of hydrogen-bond donors (Lipinski definition) is 1. The molecule has 0 saturated carbocycles. The van der Waals surface area contributed by atoms with Crippen LogP contribution in [0.2, 0.25) is 0 Å². The number of nitrogens with one attached hydrogen (secondary N) is 1. The summed E-state index contributed by atoms with van der Waals surface area (Å²) >= 11 is 1.41. The number of para-hydroxylation sites is 1. The van der Waals surface area contributed by atoms with Crippen molar-refractivity contribution in [1.82, 2.24) is 20.1 Å². The van der Waals surface area contributed by atoms with Gasteiger partial charge in [0.15, 0.2) is 11.0 Å². The maximum atomic E-state index is 12.7. The number of nitrogens with zero attached hydrogens (tertiary/aromatic N) is 3. The minimum absolute atomic E-state index is 0.0201. The van der Waals surface area contributed by atoms with Gasteiger partial charge in [-0.05, 0) is 36.1 Å². The average Bonchev–Trinajstić information content (AvgIpc) is 3.42. The monoisotopic (exact) mass is 426 g/mol. The van der Waals surface area contributed by atoms with E-state index in [1.54, 1.807) is 0 Å². The fourth-order valence-corrected chi connectivity index (χ4v) is 4.77. The van der Waals surface area contributed by atoms with Crippen molar-refractivity contribution in [2.75, 3.05) is 5.75 Å². The third-order valence-electron chi connectivity index (χ3n) is 5.43. The van der Waals surface area contributed by atoms with Gasteiger partial charge < -0.3 is 5.32 Å². The van der Waals surface area contributed by atoms with Gasteiger partial charge in [0.2, 0.25) is 5.91 Å². The van der Waals surface area contributed by atoms with Crippen LogP contribution in [0, 0.1) is 0 Å². The number of carbonyl (C=O) groups is 1. The van der Waals surface area contributed by atoms with E-state index in [9.17, 15) is 4.79 Å². The van der Waals surface area contributed by atoms with Crippen LogP contribution in [0.3, 0.4) is 0 Å². The van der Waals surface area contributed by atoms with E-state index in [0.717, 1.165) is 29.9 Å². The maximum Gasteiger partial charge on any atom is 0.230 e. The zero-order valence-corrected chi connectivity index (χ0v) is 17.8. The Morgan fingerprint density at radius 2 is 1.48 bits per heavy atom. The van der Waals surface area contributed by atoms with Crippen LogP contribution in [-0.4, -0.2) is 32.5 Å². The molecule has 0 atom stereocenters. The smallest absolute Gasteiger partial charge is 0.230 e. The third-order valence-corrected chi connectivity index (χ3v) is 6.36. The van der Waals surface area contributed by atoms with E-state index in [1.807, 2.05) is 65.2 Å². The Kier molecular flexibility index (Phi) is 5.54. The second-order valence-electron chi connectivity index (χ2n) is 7.57. The first-order chi connectivity index (χ1) is 15.3. The molecule has 0 saturated heterocycles.